The van der Waals surface area contributed by atoms with E-state index in [9.17, 15) is 0 Å². The van der Waals surface area contributed by atoms with E-state index < -0.39 is 0 Å². The van der Waals surface area contributed by atoms with Gasteiger partial charge in [-0.15, -0.1) is 4.67 Å². The summed E-state index contributed by atoms with van der Waals surface area (Å²) in [7, 11) is 0. The lowest BCUT2D eigenvalue weighted by Gasteiger charge is -2.10. The van der Waals surface area contributed by atoms with Gasteiger partial charge < -0.3 is 0 Å². The molecule has 0 aliphatic carbocycles. The predicted octanol–water partition coefficient (Wildman–Crippen LogP) is 5.66. The Morgan fingerprint density at radius 2 is 1.14 bits per heavy atom. The number of rotatable bonds is 5. The first kappa shape index (κ1) is 20.8. The van der Waals surface area contributed by atoms with Crippen molar-refractivity contribution in [3.05, 3.63) is 109 Å². The van der Waals surface area contributed by atoms with Gasteiger partial charge in [0.2, 0.25) is 0 Å². The topological polar surface area (TPSA) is 65.7 Å². The maximum Gasteiger partial charge on any atom is 0.311 e. The van der Waals surface area contributed by atoms with E-state index in [-0.39, 0.29) is 0 Å². The maximum atomic E-state index is 4.92. The second kappa shape index (κ2) is 9.26. The first-order valence-electron chi connectivity index (χ1n) is 11.6. The van der Waals surface area contributed by atoms with Crippen LogP contribution in [-0.2, 0) is 0 Å². The van der Waals surface area contributed by atoms with Gasteiger partial charge in [-0.1, -0.05) is 66.7 Å². The van der Waals surface area contributed by atoms with Gasteiger partial charge in [-0.25, -0.2) is 15.0 Å². The zero-order valence-corrected chi connectivity index (χ0v) is 19.0. The molecule has 0 atom stereocenters. The molecule has 0 bridgehead atoms. The van der Waals surface area contributed by atoms with Crippen molar-refractivity contribution in [1.29, 1.82) is 0 Å². The summed E-state index contributed by atoms with van der Waals surface area (Å²) in [6.07, 6.45) is 7.57. The maximum absolute atomic E-state index is 4.92. The molecular weight excluding hydrogens is 430 g/mol. The van der Waals surface area contributed by atoms with Gasteiger partial charge in [0.25, 0.3) is 6.21 Å². The summed E-state index contributed by atoms with van der Waals surface area (Å²) in [5, 5.41) is 0. The highest BCUT2D eigenvalue weighted by Crippen LogP contribution is 2.28. The normalized spacial score (nSPS) is 12.5. The van der Waals surface area contributed by atoms with Crippen molar-refractivity contribution in [1.82, 2.24) is 24.6 Å². The van der Waals surface area contributed by atoms with Crippen LogP contribution < -0.4 is 4.67 Å². The van der Waals surface area contributed by atoms with Gasteiger partial charge in [0, 0.05) is 34.6 Å². The van der Waals surface area contributed by atoms with E-state index in [0.29, 0.717) is 17.5 Å². The number of nitrogens with zero attached hydrogens (tertiary/aromatic N) is 5. The summed E-state index contributed by atoms with van der Waals surface area (Å²) in [5.74, 6) is 1.93. The van der Waals surface area contributed by atoms with Crippen LogP contribution in [0, 0.1) is 0 Å². The molecule has 0 N–H and O–H groups in total. The van der Waals surface area contributed by atoms with Crippen LogP contribution >= 0.6 is 0 Å². The van der Waals surface area contributed by atoms with Crippen LogP contribution in [-0.4, -0.2) is 31.9 Å². The van der Waals surface area contributed by atoms with Gasteiger partial charge in [-0.05, 0) is 29.8 Å². The first-order chi connectivity index (χ1) is 17.3. The second-order valence-electron chi connectivity index (χ2n) is 8.37. The number of hydrogen-bond acceptors (Lipinski definition) is 4. The molecule has 5 heteroatoms. The van der Waals surface area contributed by atoms with Gasteiger partial charge >= 0.3 is 5.71 Å². The molecule has 1 aliphatic heterocycles. The fourth-order valence-electron chi connectivity index (χ4n) is 4.22. The van der Waals surface area contributed by atoms with Crippen molar-refractivity contribution in [3.63, 3.8) is 0 Å². The molecule has 0 amide bonds. The quantitative estimate of drug-likeness (QED) is 0.323. The van der Waals surface area contributed by atoms with Crippen molar-refractivity contribution in [3.8, 4) is 45.3 Å². The van der Waals surface area contributed by atoms with Crippen molar-refractivity contribution in [2.75, 3.05) is 0 Å². The van der Waals surface area contributed by atoms with Crippen LogP contribution in [0.25, 0.3) is 45.3 Å². The first-order valence-corrected chi connectivity index (χ1v) is 11.6. The highest BCUT2D eigenvalue weighted by atomic mass is 15.0. The summed E-state index contributed by atoms with van der Waals surface area (Å²) in [6.45, 7) is 0. The van der Waals surface area contributed by atoms with Gasteiger partial charge in [0.15, 0.2) is 17.5 Å². The van der Waals surface area contributed by atoms with Crippen LogP contribution in [0.15, 0.2) is 103 Å². The Labute approximate surface area is 203 Å². The molecular formula is C30H22N5+. The molecule has 0 fully saturated rings. The summed E-state index contributed by atoms with van der Waals surface area (Å²) >= 11 is 0. The second-order valence-corrected chi connectivity index (χ2v) is 8.37. The van der Waals surface area contributed by atoms with Crippen molar-refractivity contribution >= 4 is 11.9 Å². The van der Waals surface area contributed by atoms with Crippen LogP contribution in [0.2, 0.25) is 0 Å². The molecule has 3 aromatic carbocycles. The molecule has 0 saturated carbocycles. The average Bonchev–Trinajstić information content (AvgIpc) is 3.49. The summed E-state index contributed by atoms with van der Waals surface area (Å²) < 4.78 is 4.54. The van der Waals surface area contributed by atoms with E-state index in [4.69, 9.17) is 15.0 Å². The predicted molar refractivity (Wildman–Crippen MR) is 141 cm³/mol. The smallest absolute Gasteiger partial charge is 0.264 e. The Bertz CT molecular complexity index is 1570. The SMILES string of the molecule is C1=[N+]=C(c2cccc(-c3nc(-c4ccccc4)nc(-c4cccc(-c5cccnc5)c4)n3)c2)CC1. The van der Waals surface area contributed by atoms with Crippen LogP contribution in [0.4, 0.5) is 0 Å². The monoisotopic (exact) mass is 452 g/mol. The zero-order valence-electron chi connectivity index (χ0n) is 19.0. The molecule has 5 aromatic rings. The summed E-state index contributed by atoms with van der Waals surface area (Å²) in [5.41, 5.74) is 7.16. The minimum Gasteiger partial charge on any atom is -0.264 e. The summed E-state index contributed by atoms with van der Waals surface area (Å²) in [6, 6.07) is 30.6. The highest BCUT2D eigenvalue weighted by molar-refractivity contribution is 6.04. The minimum absolute atomic E-state index is 0.636. The van der Waals surface area contributed by atoms with E-state index in [2.05, 4.69) is 40.0 Å². The Morgan fingerprint density at radius 3 is 1.80 bits per heavy atom. The Balaban J connectivity index is 1.49. The zero-order chi connectivity index (χ0) is 23.5. The lowest BCUT2D eigenvalue weighted by Crippen LogP contribution is -2.02. The third kappa shape index (κ3) is 4.41. The number of benzene rings is 3. The van der Waals surface area contributed by atoms with Crippen LogP contribution in [0.3, 0.4) is 0 Å². The molecule has 5 nitrogen and oxygen atoms in total. The molecule has 0 unspecified atom stereocenters. The Hall–Kier alpha value is -4.73. The van der Waals surface area contributed by atoms with Crippen LogP contribution in [0.1, 0.15) is 18.4 Å². The molecule has 6 rings (SSSR count). The number of pyridine rings is 1. The van der Waals surface area contributed by atoms with E-state index in [0.717, 1.165) is 51.9 Å². The molecule has 166 valence electrons. The molecule has 35 heavy (non-hydrogen) atoms. The van der Waals surface area contributed by atoms with Crippen molar-refractivity contribution < 1.29 is 0 Å². The fourth-order valence-corrected chi connectivity index (χ4v) is 4.22. The van der Waals surface area contributed by atoms with Gasteiger partial charge in [0.1, 0.15) is 0 Å². The van der Waals surface area contributed by atoms with Gasteiger partial charge in [0.05, 0.1) is 18.4 Å². The van der Waals surface area contributed by atoms with Gasteiger partial charge in [-0.3, -0.25) is 4.98 Å². The minimum atomic E-state index is 0.636. The standard InChI is InChI=1S/C30H22N5/c1-2-8-21(9-3-1)28-33-29(24-12-4-10-22(18-24)26-14-6-16-31-20-26)35-30(34-28)25-13-5-11-23(19-25)27-15-7-17-32-27/h1-6,8-14,16-20H,7,15H2/q+1. The largest absolute Gasteiger partial charge is 0.311 e. The molecule has 0 spiro atoms. The molecule has 0 saturated heterocycles. The van der Waals surface area contributed by atoms with E-state index in [1.54, 1.807) is 6.20 Å². The molecule has 1 aliphatic rings. The number of aromatic nitrogens is 4. The third-order valence-electron chi connectivity index (χ3n) is 5.99. The molecule has 3 heterocycles. The van der Waals surface area contributed by atoms with Gasteiger partial charge in [-0.2, -0.15) is 0 Å². The van der Waals surface area contributed by atoms with E-state index >= 15 is 0 Å². The number of hydrogen-bond donors (Lipinski definition) is 0. The Kier molecular flexibility index (Phi) is 5.51. The third-order valence-corrected chi connectivity index (χ3v) is 5.99. The van der Waals surface area contributed by atoms with Crippen molar-refractivity contribution in [2.45, 2.75) is 12.8 Å². The van der Waals surface area contributed by atoms with Crippen molar-refractivity contribution in [2.24, 2.45) is 0 Å². The van der Waals surface area contributed by atoms with E-state index in [1.807, 2.05) is 73.1 Å². The molecule has 2 aromatic heterocycles. The molecule has 0 radical (unpaired) electrons. The average molecular weight is 453 g/mol. The van der Waals surface area contributed by atoms with E-state index in [1.165, 1.54) is 0 Å². The highest BCUT2D eigenvalue weighted by Gasteiger charge is 2.19. The van der Waals surface area contributed by atoms with Crippen LogP contribution in [0.5, 0.6) is 0 Å². The lowest BCUT2D eigenvalue weighted by atomic mass is 10.0. The lowest BCUT2D eigenvalue weighted by molar-refractivity contribution is 1.07. The summed E-state index contributed by atoms with van der Waals surface area (Å²) in [4.78, 5) is 18.9. The Morgan fingerprint density at radius 1 is 0.543 bits per heavy atom. The fraction of sp³-hybridized carbons (Fsp3) is 0.0667.